The van der Waals surface area contributed by atoms with Gasteiger partial charge in [0.05, 0.1) is 0 Å². The van der Waals surface area contributed by atoms with Crippen LogP contribution in [0.3, 0.4) is 0 Å². The predicted molar refractivity (Wildman–Crippen MR) is 197 cm³/mol. The fourth-order valence-corrected chi connectivity index (χ4v) is 7.40. The van der Waals surface area contributed by atoms with Gasteiger partial charge in [-0.25, -0.2) is 0 Å². The van der Waals surface area contributed by atoms with E-state index in [9.17, 15) is 43.2 Å². The van der Waals surface area contributed by atoms with Crippen LogP contribution < -0.4 is 0 Å². The van der Waals surface area contributed by atoms with Crippen molar-refractivity contribution in [3.8, 4) is 0 Å². The van der Waals surface area contributed by atoms with Crippen LogP contribution in [-0.2, 0) is 109 Å². The van der Waals surface area contributed by atoms with E-state index in [1.165, 1.54) is 6.92 Å². The highest BCUT2D eigenvalue weighted by molar-refractivity contribution is 9.09. The maximum atomic E-state index is 12.9. The van der Waals surface area contributed by atoms with Crippen LogP contribution in [-0.4, -0.2) is 158 Å². The SMILES string of the molecule is CC(=O)OCC1OC(OC2C(COC(C)=O)OC(OC3C(COC(C)=O)OC(Br)C(OC(C)=O)C3OC(C)=O)C(OC(C)=O)C2OC(C)=O)C(OC(C)=O)C(C)C1OC(C)=O. The Hall–Kier alpha value is -4.49. The Morgan fingerprint density at radius 2 is 0.672 bits per heavy atom. The van der Waals surface area contributed by atoms with Gasteiger partial charge >= 0.3 is 53.7 Å². The van der Waals surface area contributed by atoms with Gasteiger partial charge < -0.3 is 66.3 Å². The molecule has 0 bridgehead atoms. The third-order valence-electron chi connectivity index (χ3n) is 8.90. The fourth-order valence-electron chi connectivity index (χ4n) is 6.72. The third-order valence-corrected chi connectivity index (χ3v) is 9.63. The molecule has 15 atom stereocenters. The normalized spacial score (nSPS) is 33.4. The molecule has 0 aromatic carbocycles. The predicted octanol–water partition coefficient (Wildman–Crippen LogP) is 0.242. The molecule has 0 radical (unpaired) electrons. The fraction of sp³-hybridized carbons (Fsp3) is 0.757. The van der Waals surface area contributed by atoms with Crippen molar-refractivity contribution in [2.24, 2.45) is 5.92 Å². The number of carbonyl (C=O) groups excluding carboxylic acids is 9. The van der Waals surface area contributed by atoms with Gasteiger partial charge in [0.15, 0.2) is 48.1 Å². The minimum Gasteiger partial charge on any atom is -0.463 e. The molecule has 3 aliphatic rings. The summed E-state index contributed by atoms with van der Waals surface area (Å²) in [6.07, 6.45) is -20.1. The molecule has 0 aromatic rings. The molecule has 3 aliphatic heterocycles. The molecular weight excluding hydrogens is 892 g/mol. The largest absolute Gasteiger partial charge is 0.463 e. The summed E-state index contributed by atoms with van der Waals surface area (Å²) in [4.78, 5) is 111. The van der Waals surface area contributed by atoms with Gasteiger partial charge in [0.25, 0.3) is 0 Å². The van der Waals surface area contributed by atoms with Gasteiger partial charge in [-0.15, -0.1) is 0 Å². The first-order valence-electron chi connectivity index (χ1n) is 18.8. The van der Waals surface area contributed by atoms with Crippen molar-refractivity contribution in [3.63, 3.8) is 0 Å². The number of hydrogen-bond donors (Lipinski definition) is 0. The molecule has 24 heteroatoms. The zero-order valence-electron chi connectivity index (χ0n) is 35.0. The monoisotopic (exact) mass is 942 g/mol. The van der Waals surface area contributed by atoms with E-state index in [1.54, 1.807) is 0 Å². The van der Waals surface area contributed by atoms with Gasteiger partial charge in [0.1, 0.15) is 56.4 Å². The maximum absolute atomic E-state index is 12.9. The summed E-state index contributed by atoms with van der Waals surface area (Å²) >= 11 is 3.25. The lowest BCUT2D eigenvalue weighted by Gasteiger charge is -2.50. The van der Waals surface area contributed by atoms with Gasteiger partial charge in [-0.1, -0.05) is 22.9 Å². The van der Waals surface area contributed by atoms with Gasteiger partial charge in [-0.2, -0.15) is 0 Å². The highest BCUT2D eigenvalue weighted by Gasteiger charge is 2.58. The molecule has 0 amide bonds. The van der Waals surface area contributed by atoms with Crippen molar-refractivity contribution in [2.75, 3.05) is 19.8 Å². The standard InChI is InChI=1S/C37H51BrO23/c1-14-27(51-18(5)42)24(11-48-15(2)39)58-36(28(14)52-19(6)43)60-30-26(13-50-17(4)41)59-37(34(56-23(10)47)32(30)54-21(8)45)61-29-25(12-49-16(3)40)57-35(38)33(55-22(9)46)31(29)53-20(7)44/h14,24-37H,11-13H2,1-10H3. The zero-order valence-corrected chi connectivity index (χ0v) is 36.6. The first-order valence-corrected chi connectivity index (χ1v) is 19.7. The Bertz CT molecular complexity index is 1620. The second-order valence-corrected chi connectivity index (χ2v) is 14.9. The number of alkyl halides is 1. The van der Waals surface area contributed by atoms with Crippen LogP contribution >= 0.6 is 15.9 Å². The molecule has 0 saturated carbocycles. The third kappa shape index (κ3) is 15.1. The number of ether oxygens (including phenoxy) is 14. The van der Waals surface area contributed by atoms with Crippen LogP contribution in [0.5, 0.6) is 0 Å². The van der Waals surface area contributed by atoms with Crippen LogP contribution in [0.25, 0.3) is 0 Å². The molecular formula is C37H51BrO23. The Morgan fingerprint density at radius 1 is 0.377 bits per heavy atom. The van der Waals surface area contributed by atoms with Crippen molar-refractivity contribution in [1.29, 1.82) is 0 Å². The van der Waals surface area contributed by atoms with E-state index < -0.39 is 164 Å². The van der Waals surface area contributed by atoms with E-state index in [4.69, 9.17) is 66.3 Å². The lowest BCUT2D eigenvalue weighted by atomic mass is 9.90. The molecule has 3 fully saturated rings. The molecule has 0 aliphatic carbocycles. The number of esters is 9. The van der Waals surface area contributed by atoms with Gasteiger partial charge in [0.2, 0.25) is 0 Å². The minimum absolute atomic E-state index is 0.479. The molecule has 0 spiro atoms. The lowest BCUT2D eigenvalue weighted by Crippen LogP contribution is -2.67. The van der Waals surface area contributed by atoms with E-state index in [0.29, 0.717) is 0 Å². The molecule has 3 saturated heterocycles. The van der Waals surface area contributed by atoms with Crippen LogP contribution in [0.1, 0.15) is 69.2 Å². The second kappa shape index (κ2) is 23.1. The van der Waals surface area contributed by atoms with Crippen molar-refractivity contribution in [2.45, 2.75) is 154 Å². The summed E-state index contributed by atoms with van der Waals surface area (Å²) in [5.74, 6) is -8.44. The molecule has 3 rings (SSSR count). The first kappa shape index (κ1) is 50.9. The van der Waals surface area contributed by atoms with E-state index in [-0.39, 0.29) is 0 Å². The van der Waals surface area contributed by atoms with E-state index in [1.807, 2.05) is 0 Å². The Kier molecular flexibility index (Phi) is 19.3. The maximum Gasteiger partial charge on any atom is 0.303 e. The summed E-state index contributed by atoms with van der Waals surface area (Å²) in [5, 5.41) is -1.17. The summed E-state index contributed by atoms with van der Waals surface area (Å²) in [6.45, 7) is 9.49. The summed E-state index contributed by atoms with van der Waals surface area (Å²) < 4.78 is 80.3. The molecule has 23 nitrogen and oxygen atoms in total. The topological polar surface area (TPSA) is 283 Å². The van der Waals surface area contributed by atoms with Gasteiger partial charge in [-0.05, 0) is 0 Å². The Morgan fingerprint density at radius 3 is 1.07 bits per heavy atom. The molecule has 3 heterocycles. The number of hydrogen-bond acceptors (Lipinski definition) is 23. The highest BCUT2D eigenvalue weighted by Crippen LogP contribution is 2.39. The zero-order chi connectivity index (χ0) is 45.9. The van der Waals surface area contributed by atoms with Crippen molar-refractivity contribution in [3.05, 3.63) is 0 Å². The smallest absolute Gasteiger partial charge is 0.303 e. The summed E-state index contributed by atoms with van der Waals surface area (Å²) in [5.41, 5.74) is 0. The molecule has 0 aromatic heterocycles. The average molecular weight is 944 g/mol. The van der Waals surface area contributed by atoms with E-state index in [2.05, 4.69) is 15.9 Å². The van der Waals surface area contributed by atoms with Crippen LogP contribution in [0.4, 0.5) is 0 Å². The summed E-state index contributed by atoms with van der Waals surface area (Å²) in [7, 11) is 0. The first-order chi connectivity index (χ1) is 28.5. The number of carbonyl (C=O) groups is 9. The lowest BCUT2D eigenvalue weighted by molar-refractivity contribution is -0.369. The quantitative estimate of drug-likeness (QED) is 0.114. The van der Waals surface area contributed by atoms with Gasteiger partial charge in [-0.3, -0.25) is 43.2 Å². The van der Waals surface area contributed by atoms with Crippen molar-refractivity contribution >= 4 is 69.7 Å². The number of halogens is 1. The summed E-state index contributed by atoms with van der Waals surface area (Å²) in [6, 6.07) is 0. The van der Waals surface area contributed by atoms with Crippen LogP contribution in [0.15, 0.2) is 0 Å². The molecule has 61 heavy (non-hydrogen) atoms. The van der Waals surface area contributed by atoms with Crippen molar-refractivity contribution in [1.82, 2.24) is 0 Å². The Balaban J connectivity index is 2.22. The second-order valence-electron chi connectivity index (χ2n) is 14.0. The number of rotatable bonds is 16. The average Bonchev–Trinajstić information content (AvgIpc) is 3.12. The van der Waals surface area contributed by atoms with Gasteiger partial charge in [0, 0.05) is 68.2 Å². The van der Waals surface area contributed by atoms with Crippen LogP contribution in [0, 0.1) is 5.92 Å². The van der Waals surface area contributed by atoms with E-state index >= 15 is 0 Å². The highest BCUT2D eigenvalue weighted by atomic mass is 79.9. The minimum atomic E-state index is -1.88. The Labute approximate surface area is 358 Å². The molecule has 344 valence electrons. The van der Waals surface area contributed by atoms with E-state index in [0.717, 1.165) is 62.3 Å². The van der Waals surface area contributed by atoms with Crippen LogP contribution in [0.2, 0.25) is 0 Å². The van der Waals surface area contributed by atoms with Crippen molar-refractivity contribution < 1.29 is 109 Å². The molecule has 15 unspecified atom stereocenters. The molecule has 0 N–H and O–H groups in total.